The van der Waals surface area contributed by atoms with Crippen molar-refractivity contribution in [3.8, 4) is 0 Å². The predicted molar refractivity (Wildman–Crippen MR) is 43.5 cm³/mol. The number of halogens is 2. The SMILES string of the molecule is CN(C)c1nc(F)ccc1Cl. The Bertz CT molecular complexity index is 263. The molecular weight excluding hydrogens is 167 g/mol. The van der Waals surface area contributed by atoms with Crippen molar-refractivity contribution in [2.45, 2.75) is 0 Å². The van der Waals surface area contributed by atoms with E-state index < -0.39 is 5.95 Å². The number of nitrogens with zero attached hydrogens (tertiary/aromatic N) is 2. The Balaban J connectivity index is 3.13. The molecule has 60 valence electrons. The molecule has 0 saturated heterocycles. The van der Waals surface area contributed by atoms with Crippen LogP contribution in [0.1, 0.15) is 0 Å². The molecule has 0 radical (unpaired) electrons. The molecule has 0 saturated carbocycles. The lowest BCUT2D eigenvalue weighted by Crippen LogP contribution is -2.11. The second-order valence-corrected chi connectivity index (χ2v) is 2.74. The highest BCUT2D eigenvalue weighted by Crippen LogP contribution is 2.20. The van der Waals surface area contributed by atoms with E-state index in [1.54, 1.807) is 19.0 Å². The van der Waals surface area contributed by atoms with E-state index in [1.165, 1.54) is 12.1 Å². The maximum Gasteiger partial charge on any atom is 0.214 e. The zero-order chi connectivity index (χ0) is 8.43. The first-order valence-corrected chi connectivity index (χ1v) is 3.48. The molecule has 1 aromatic rings. The van der Waals surface area contributed by atoms with Crippen LogP contribution in [0.3, 0.4) is 0 Å². The van der Waals surface area contributed by atoms with E-state index in [4.69, 9.17) is 11.6 Å². The van der Waals surface area contributed by atoms with Gasteiger partial charge in [0, 0.05) is 14.1 Å². The molecule has 0 aromatic carbocycles. The van der Waals surface area contributed by atoms with Crippen LogP contribution in [0.5, 0.6) is 0 Å². The smallest absolute Gasteiger partial charge is 0.214 e. The molecule has 0 amide bonds. The molecule has 2 nitrogen and oxygen atoms in total. The van der Waals surface area contributed by atoms with Gasteiger partial charge in [-0.1, -0.05) is 11.6 Å². The van der Waals surface area contributed by atoms with Gasteiger partial charge in [-0.3, -0.25) is 0 Å². The Labute approximate surface area is 69.6 Å². The minimum Gasteiger partial charge on any atom is -0.361 e. The van der Waals surface area contributed by atoms with Gasteiger partial charge in [0.15, 0.2) is 0 Å². The van der Waals surface area contributed by atoms with Crippen molar-refractivity contribution in [1.29, 1.82) is 0 Å². The van der Waals surface area contributed by atoms with Gasteiger partial charge in [0.25, 0.3) is 0 Å². The molecule has 0 fully saturated rings. The average Bonchev–Trinajstić information content (AvgIpc) is 1.94. The molecule has 0 unspecified atom stereocenters. The molecule has 0 bridgehead atoms. The van der Waals surface area contributed by atoms with Gasteiger partial charge in [0.1, 0.15) is 5.82 Å². The third kappa shape index (κ3) is 1.80. The van der Waals surface area contributed by atoms with Gasteiger partial charge in [-0.05, 0) is 12.1 Å². The first-order valence-electron chi connectivity index (χ1n) is 3.10. The maximum absolute atomic E-state index is 12.5. The van der Waals surface area contributed by atoms with Gasteiger partial charge in [0.05, 0.1) is 5.02 Å². The van der Waals surface area contributed by atoms with Crippen LogP contribution in [0.2, 0.25) is 5.02 Å². The van der Waals surface area contributed by atoms with Gasteiger partial charge in [-0.15, -0.1) is 0 Å². The fourth-order valence-corrected chi connectivity index (χ4v) is 0.996. The number of rotatable bonds is 1. The number of pyridine rings is 1. The van der Waals surface area contributed by atoms with Gasteiger partial charge in [-0.2, -0.15) is 4.39 Å². The third-order valence-electron chi connectivity index (χ3n) is 1.22. The molecule has 4 heteroatoms. The molecule has 0 aliphatic heterocycles. The highest BCUT2D eigenvalue weighted by atomic mass is 35.5. The highest BCUT2D eigenvalue weighted by Gasteiger charge is 2.04. The molecule has 1 aromatic heterocycles. The second-order valence-electron chi connectivity index (χ2n) is 2.33. The average molecular weight is 175 g/mol. The van der Waals surface area contributed by atoms with E-state index in [0.29, 0.717) is 10.8 Å². The molecule has 1 rings (SSSR count). The van der Waals surface area contributed by atoms with E-state index in [2.05, 4.69) is 4.98 Å². The Morgan fingerprint density at radius 2 is 2.09 bits per heavy atom. The third-order valence-corrected chi connectivity index (χ3v) is 1.51. The molecule has 1 heterocycles. The molecule has 0 aliphatic rings. The van der Waals surface area contributed by atoms with E-state index in [9.17, 15) is 4.39 Å². The number of hydrogen-bond acceptors (Lipinski definition) is 2. The molecular formula is C7H8ClFN2. The van der Waals surface area contributed by atoms with Crippen LogP contribution in [0.15, 0.2) is 12.1 Å². The van der Waals surface area contributed by atoms with Crippen LogP contribution in [-0.4, -0.2) is 19.1 Å². The standard InChI is InChI=1S/C7H8ClFN2/c1-11(2)7-5(8)3-4-6(9)10-7/h3-4H,1-2H3. The van der Waals surface area contributed by atoms with Crippen LogP contribution in [0.4, 0.5) is 10.2 Å². The summed E-state index contributed by atoms with van der Waals surface area (Å²) in [5.41, 5.74) is 0. The summed E-state index contributed by atoms with van der Waals surface area (Å²) in [4.78, 5) is 5.26. The minimum absolute atomic E-state index is 0.451. The summed E-state index contributed by atoms with van der Waals surface area (Å²) in [7, 11) is 3.52. The van der Waals surface area contributed by atoms with Crippen LogP contribution in [0, 0.1) is 5.95 Å². The van der Waals surface area contributed by atoms with Crippen molar-refractivity contribution in [2.24, 2.45) is 0 Å². The number of anilines is 1. The molecule has 0 N–H and O–H groups in total. The van der Waals surface area contributed by atoms with Gasteiger partial charge in [0.2, 0.25) is 5.95 Å². The summed E-state index contributed by atoms with van der Waals surface area (Å²) in [6.07, 6.45) is 0. The van der Waals surface area contributed by atoms with Crippen molar-refractivity contribution in [3.05, 3.63) is 23.1 Å². The fourth-order valence-electron chi connectivity index (χ4n) is 0.722. The Hall–Kier alpha value is -0.830. The monoisotopic (exact) mass is 174 g/mol. The topological polar surface area (TPSA) is 16.1 Å². The summed E-state index contributed by atoms with van der Waals surface area (Å²) < 4.78 is 12.5. The Morgan fingerprint density at radius 1 is 1.45 bits per heavy atom. The Morgan fingerprint density at radius 3 is 2.55 bits per heavy atom. The summed E-state index contributed by atoms with van der Waals surface area (Å²) in [5, 5.41) is 0.455. The van der Waals surface area contributed by atoms with Gasteiger partial charge < -0.3 is 4.90 Å². The Kier molecular flexibility index (Phi) is 2.29. The lowest BCUT2D eigenvalue weighted by molar-refractivity contribution is 0.583. The maximum atomic E-state index is 12.5. The summed E-state index contributed by atoms with van der Waals surface area (Å²) in [6.45, 7) is 0. The van der Waals surface area contributed by atoms with Crippen molar-refractivity contribution in [3.63, 3.8) is 0 Å². The van der Waals surface area contributed by atoms with E-state index in [1.807, 2.05) is 0 Å². The second kappa shape index (κ2) is 3.05. The van der Waals surface area contributed by atoms with Crippen LogP contribution in [-0.2, 0) is 0 Å². The number of hydrogen-bond donors (Lipinski definition) is 0. The highest BCUT2D eigenvalue weighted by molar-refractivity contribution is 6.32. The normalized spacial score (nSPS) is 9.82. The lowest BCUT2D eigenvalue weighted by atomic mass is 10.4. The molecule has 0 aliphatic carbocycles. The summed E-state index contributed by atoms with van der Waals surface area (Å²) >= 11 is 5.72. The molecule has 11 heavy (non-hydrogen) atoms. The van der Waals surface area contributed by atoms with E-state index >= 15 is 0 Å². The molecule has 0 atom stereocenters. The van der Waals surface area contributed by atoms with Gasteiger partial charge >= 0.3 is 0 Å². The lowest BCUT2D eigenvalue weighted by Gasteiger charge is -2.11. The van der Waals surface area contributed by atoms with Crippen molar-refractivity contribution in [2.75, 3.05) is 19.0 Å². The first kappa shape index (κ1) is 8.27. The van der Waals surface area contributed by atoms with Crippen LogP contribution >= 0.6 is 11.6 Å². The molecule has 0 spiro atoms. The predicted octanol–water partition coefficient (Wildman–Crippen LogP) is 1.94. The van der Waals surface area contributed by atoms with Crippen molar-refractivity contribution in [1.82, 2.24) is 4.98 Å². The van der Waals surface area contributed by atoms with E-state index in [0.717, 1.165) is 0 Å². The number of aromatic nitrogens is 1. The zero-order valence-corrected chi connectivity index (χ0v) is 7.06. The largest absolute Gasteiger partial charge is 0.361 e. The van der Waals surface area contributed by atoms with Crippen LogP contribution in [0.25, 0.3) is 0 Å². The van der Waals surface area contributed by atoms with Crippen molar-refractivity contribution < 1.29 is 4.39 Å². The van der Waals surface area contributed by atoms with Crippen LogP contribution < -0.4 is 4.90 Å². The quantitative estimate of drug-likeness (QED) is 0.605. The van der Waals surface area contributed by atoms with Crippen molar-refractivity contribution >= 4 is 17.4 Å². The summed E-state index contributed by atoms with van der Waals surface area (Å²) in [6, 6.07) is 2.72. The summed E-state index contributed by atoms with van der Waals surface area (Å²) in [5.74, 6) is -0.0650. The van der Waals surface area contributed by atoms with E-state index in [-0.39, 0.29) is 0 Å². The van der Waals surface area contributed by atoms with Gasteiger partial charge in [-0.25, -0.2) is 4.98 Å². The zero-order valence-electron chi connectivity index (χ0n) is 6.31. The fraction of sp³-hybridized carbons (Fsp3) is 0.286. The first-order chi connectivity index (χ1) is 5.11. The minimum atomic E-state index is -0.516.